The monoisotopic (exact) mass is 341 g/mol. The maximum absolute atomic E-state index is 6.14. The second-order valence-corrected chi connectivity index (χ2v) is 4.83. The third-order valence-corrected chi connectivity index (χ3v) is 3.46. The highest BCUT2D eigenvalue weighted by molar-refractivity contribution is 9.08. The second-order valence-electron chi connectivity index (χ2n) is 3.86. The van der Waals surface area contributed by atoms with Crippen molar-refractivity contribution in [2.45, 2.75) is 11.9 Å². The molecular formula is C14H13BrClNO2. The smallest absolute Gasteiger partial charge is 0.213 e. The van der Waals surface area contributed by atoms with Crippen LogP contribution in [-0.4, -0.2) is 12.1 Å². The van der Waals surface area contributed by atoms with Crippen LogP contribution in [0.5, 0.6) is 11.6 Å². The fraction of sp³-hybridized carbons (Fsp3) is 0.214. The zero-order valence-corrected chi connectivity index (χ0v) is 12.7. The van der Waals surface area contributed by atoms with Crippen molar-refractivity contribution in [1.29, 1.82) is 0 Å². The van der Waals surface area contributed by atoms with Crippen molar-refractivity contribution < 1.29 is 9.47 Å². The van der Waals surface area contributed by atoms with E-state index in [0.29, 0.717) is 23.3 Å². The molecule has 1 aromatic carbocycles. The van der Waals surface area contributed by atoms with E-state index in [1.54, 1.807) is 13.2 Å². The highest BCUT2D eigenvalue weighted by Crippen LogP contribution is 2.27. The van der Waals surface area contributed by atoms with Crippen molar-refractivity contribution >= 4 is 27.5 Å². The molecule has 2 aromatic rings. The Morgan fingerprint density at radius 1 is 1.26 bits per heavy atom. The van der Waals surface area contributed by atoms with Gasteiger partial charge in [-0.2, -0.15) is 0 Å². The molecule has 2 rings (SSSR count). The molecule has 0 atom stereocenters. The maximum atomic E-state index is 6.14. The Bertz CT molecular complexity index is 563. The van der Waals surface area contributed by atoms with E-state index in [2.05, 4.69) is 20.9 Å². The van der Waals surface area contributed by atoms with Crippen molar-refractivity contribution in [3.63, 3.8) is 0 Å². The van der Waals surface area contributed by atoms with Crippen molar-refractivity contribution in [3.8, 4) is 11.6 Å². The van der Waals surface area contributed by atoms with Crippen LogP contribution in [0.15, 0.2) is 36.4 Å². The van der Waals surface area contributed by atoms with Gasteiger partial charge in [0, 0.05) is 11.4 Å². The summed E-state index contributed by atoms with van der Waals surface area (Å²) < 4.78 is 10.7. The molecule has 0 amide bonds. The van der Waals surface area contributed by atoms with Gasteiger partial charge in [-0.25, -0.2) is 4.98 Å². The second kappa shape index (κ2) is 6.78. The number of pyridine rings is 1. The van der Waals surface area contributed by atoms with Gasteiger partial charge in [0.2, 0.25) is 5.88 Å². The number of hydrogen-bond acceptors (Lipinski definition) is 3. The molecule has 5 heteroatoms. The number of hydrogen-bond donors (Lipinski definition) is 0. The lowest BCUT2D eigenvalue weighted by Gasteiger charge is -2.09. The molecule has 19 heavy (non-hydrogen) atoms. The van der Waals surface area contributed by atoms with Crippen molar-refractivity contribution in [2.75, 3.05) is 7.11 Å². The maximum Gasteiger partial charge on any atom is 0.213 e. The zero-order valence-electron chi connectivity index (χ0n) is 10.4. The van der Waals surface area contributed by atoms with Gasteiger partial charge in [0.1, 0.15) is 12.4 Å². The van der Waals surface area contributed by atoms with Crippen LogP contribution >= 0.6 is 27.5 Å². The standard InChI is InChI=1S/C14H13BrClNO2/c1-18-14-4-2-3-11(17-14)9-19-13-6-5-10(8-15)7-12(13)16/h2-7H,8-9H2,1H3. The first-order chi connectivity index (χ1) is 9.22. The number of methoxy groups -OCH3 is 1. The fourth-order valence-corrected chi connectivity index (χ4v) is 2.15. The number of aromatic nitrogens is 1. The molecule has 1 heterocycles. The summed E-state index contributed by atoms with van der Waals surface area (Å²) >= 11 is 9.53. The molecule has 3 nitrogen and oxygen atoms in total. The van der Waals surface area contributed by atoms with E-state index in [0.717, 1.165) is 16.6 Å². The Morgan fingerprint density at radius 3 is 2.79 bits per heavy atom. The molecule has 0 fully saturated rings. The Morgan fingerprint density at radius 2 is 2.11 bits per heavy atom. The van der Waals surface area contributed by atoms with Gasteiger partial charge < -0.3 is 9.47 Å². The van der Waals surface area contributed by atoms with E-state index in [4.69, 9.17) is 21.1 Å². The Balaban J connectivity index is 2.05. The van der Waals surface area contributed by atoms with Crippen LogP contribution in [0.4, 0.5) is 0 Å². The predicted molar refractivity (Wildman–Crippen MR) is 79.2 cm³/mol. The van der Waals surface area contributed by atoms with Gasteiger partial charge in [0.15, 0.2) is 0 Å². The summed E-state index contributed by atoms with van der Waals surface area (Å²) in [6.07, 6.45) is 0. The van der Waals surface area contributed by atoms with Crippen LogP contribution in [0.1, 0.15) is 11.3 Å². The number of benzene rings is 1. The van der Waals surface area contributed by atoms with Gasteiger partial charge in [-0.15, -0.1) is 0 Å². The SMILES string of the molecule is COc1cccc(COc2ccc(CBr)cc2Cl)n1. The Hall–Kier alpha value is -1.26. The van der Waals surface area contributed by atoms with E-state index in [-0.39, 0.29) is 0 Å². The average molecular weight is 343 g/mol. The Kier molecular flexibility index (Phi) is 5.05. The first-order valence-corrected chi connectivity index (χ1v) is 7.20. The fourth-order valence-electron chi connectivity index (χ4n) is 1.55. The topological polar surface area (TPSA) is 31.4 Å². The zero-order chi connectivity index (χ0) is 13.7. The molecular weight excluding hydrogens is 330 g/mol. The lowest BCUT2D eigenvalue weighted by molar-refractivity contribution is 0.298. The van der Waals surface area contributed by atoms with Gasteiger partial charge in [0.05, 0.1) is 17.8 Å². The number of rotatable bonds is 5. The summed E-state index contributed by atoms with van der Waals surface area (Å²) in [5.41, 5.74) is 1.90. The first kappa shape index (κ1) is 14.2. The molecule has 0 bridgehead atoms. The van der Waals surface area contributed by atoms with E-state index < -0.39 is 0 Å². The van der Waals surface area contributed by atoms with Gasteiger partial charge in [0.25, 0.3) is 0 Å². The molecule has 0 saturated carbocycles. The van der Waals surface area contributed by atoms with E-state index >= 15 is 0 Å². The van der Waals surface area contributed by atoms with Crippen LogP contribution in [0, 0.1) is 0 Å². The van der Waals surface area contributed by atoms with Crippen molar-refractivity contribution in [3.05, 3.63) is 52.7 Å². The normalized spacial score (nSPS) is 10.3. The quantitative estimate of drug-likeness (QED) is 0.763. The van der Waals surface area contributed by atoms with E-state index in [1.165, 1.54) is 0 Å². The third kappa shape index (κ3) is 3.85. The summed E-state index contributed by atoms with van der Waals surface area (Å²) in [5, 5.41) is 1.37. The minimum Gasteiger partial charge on any atom is -0.486 e. The minimum atomic E-state index is 0.352. The molecule has 0 saturated heterocycles. The Labute approximate surface area is 125 Å². The predicted octanol–water partition coefficient (Wildman–Crippen LogP) is 4.22. The number of halogens is 2. The third-order valence-electron chi connectivity index (χ3n) is 2.52. The van der Waals surface area contributed by atoms with Gasteiger partial charge in [-0.3, -0.25) is 0 Å². The summed E-state index contributed by atoms with van der Waals surface area (Å²) in [4.78, 5) is 4.27. The molecule has 0 aliphatic heterocycles. The molecule has 0 radical (unpaired) electrons. The number of alkyl halides is 1. The minimum absolute atomic E-state index is 0.352. The summed E-state index contributed by atoms with van der Waals surface area (Å²) in [6, 6.07) is 11.3. The van der Waals surface area contributed by atoms with Crippen LogP contribution in [0.3, 0.4) is 0 Å². The molecule has 100 valence electrons. The lowest BCUT2D eigenvalue weighted by Crippen LogP contribution is -2.00. The molecule has 0 N–H and O–H groups in total. The summed E-state index contributed by atoms with van der Waals surface area (Å²) in [7, 11) is 1.59. The number of ether oxygens (including phenoxy) is 2. The van der Waals surface area contributed by atoms with Crippen LogP contribution in [0.2, 0.25) is 5.02 Å². The molecule has 0 aliphatic carbocycles. The average Bonchev–Trinajstić information content (AvgIpc) is 2.46. The van der Waals surface area contributed by atoms with Crippen molar-refractivity contribution in [1.82, 2.24) is 4.98 Å². The van der Waals surface area contributed by atoms with Gasteiger partial charge >= 0.3 is 0 Å². The molecule has 0 aliphatic rings. The number of nitrogens with zero attached hydrogens (tertiary/aromatic N) is 1. The van der Waals surface area contributed by atoms with E-state index in [9.17, 15) is 0 Å². The summed E-state index contributed by atoms with van der Waals surface area (Å²) in [5.74, 6) is 1.22. The highest BCUT2D eigenvalue weighted by atomic mass is 79.9. The largest absolute Gasteiger partial charge is 0.486 e. The molecule has 0 spiro atoms. The van der Waals surface area contributed by atoms with Crippen LogP contribution in [-0.2, 0) is 11.9 Å². The van der Waals surface area contributed by atoms with Crippen LogP contribution in [0.25, 0.3) is 0 Å². The van der Waals surface area contributed by atoms with Crippen LogP contribution < -0.4 is 9.47 Å². The lowest BCUT2D eigenvalue weighted by atomic mass is 10.2. The van der Waals surface area contributed by atoms with E-state index in [1.807, 2.05) is 30.3 Å². The highest BCUT2D eigenvalue weighted by Gasteiger charge is 2.04. The summed E-state index contributed by atoms with van der Waals surface area (Å²) in [6.45, 7) is 0.352. The molecule has 0 unspecified atom stereocenters. The first-order valence-electron chi connectivity index (χ1n) is 5.70. The van der Waals surface area contributed by atoms with Gasteiger partial charge in [-0.1, -0.05) is 39.7 Å². The van der Waals surface area contributed by atoms with Crippen molar-refractivity contribution in [2.24, 2.45) is 0 Å². The molecule has 1 aromatic heterocycles. The van der Waals surface area contributed by atoms with Gasteiger partial charge in [-0.05, 0) is 23.8 Å².